The lowest BCUT2D eigenvalue weighted by molar-refractivity contribution is 0.379. The molecule has 0 aliphatic heterocycles. The van der Waals surface area contributed by atoms with Crippen LogP contribution in [0.4, 0.5) is 0 Å². The van der Waals surface area contributed by atoms with Gasteiger partial charge in [-0.1, -0.05) is 18.2 Å². The number of ether oxygens (including phenoxy) is 1. The molecule has 0 radical (unpaired) electrons. The van der Waals surface area contributed by atoms with Gasteiger partial charge in [0, 0.05) is 5.56 Å². The Balaban J connectivity index is 2.64. The van der Waals surface area contributed by atoms with Gasteiger partial charge in [0.1, 0.15) is 0 Å². The van der Waals surface area contributed by atoms with Crippen molar-refractivity contribution in [3.05, 3.63) is 34.6 Å². The number of hydrogen-bond donors (Lipinski definition) is 0. The molecular weight excluding hydrogens is 238 g/mol. The Morgan fingerprint density at radius 1 is 1.06 bits per heavy atom. The number of nitrogens with zero attached hydrogens (tertiary/aromatic N) is 3. The monoisotopic (exact) mass is 249 g/mol. The summed E-state index contributed by atoms with van der Waals surface area (Å²) < 4.78 is 4.99. The molecule has 0 atom stereocenters. The predicted octanol–water partition coefficient (Wildman–Crippen LogP) is 2.82. The molecule has 0 saturated heterocycles. The average molecular weight is 250 g/mol. The maximum Gasteiger partial charge on any atom is 0.321 e. The molecule has 5 heteroatoms. The molecule has 17 heavy (non-hydrogen) atoms. The zero-order chi connectivity index (χ0) is 12.4. The van der Waals surface area contributed by atoms with Gasteiger partial charge in [-0.3, -0.25) is 0 Å². The summed E-state index contributed by atoms with van der Waals surface area (Å²) in [6, 6.07) is 6.23. The van der Waals surface area contributed by atoms with Crippen molar-refractivity contribution in [3.8, 4) is 17.4 Å². The Kier molecular flexibility index (Phi) is 3.24. The molecule has 0 aliphatic rings. The molecule has 88 valence electrons. The molecular formula is C12H12ClN3O. The van der Waals surface area contributed by atoms with Crippen molar-refractivity contribution < 1.29 is 4.74 Å². The lowest BCUT2D eigenvalue weighted by Gasteiger charge is -2.08. The zero-order valence-corrected chi connectivity index (χ0v) is 10.6. The Morgan fingerprint density at radius 2 is 1.71 bits per heavy atom. The third kappa shape index (κ3) is 2.36. The highest BCUT2D eigenvalue weighted by atomic mass is 35.5. The van der Waals surface area contributed by atoms with Crippen molar-refractivity contribution in [2.75, 3.05) is 7.11 Å². The molecule has 2 aromatic rings. The van der Waals surface area contributed by atoms with Crippen molar-refractivity contribution in [2.45, 2.75) is 13.8 Å². The lowest BCUT2D eigenvalue weighted by atomic mass is 10.0. The fourth-order valence-corrected chi connectivity index (χ4v) is 1.85. The Morgan fingerprint density at radius 3 is 2.29 bits per heavy atom. The van der Waals surface area contributed by atoms with Crippen LogP contribution in [0.15, 0.2) is 18.2 Å². The molecule has 0 unspecified atom stereocenters. The number of benzene rings is 1. The maximum absolute atomic E-state index is 5.84. The van der Waals surface area contributed by atoms with E-state index < -0.39 is 0 Å². The third-order valence-electron chi connectivity index (χ3n) is 2.47. The number of aromatic nitrogens is 3. The Hall–Kier alpha value is -1.68. The summed E-state index contributed by atoms with van der Waals surface area (Å²) in [5, 5.41) is 0.134. The first-order chi connectivity index (χ1) is 8.11. The Labute approximate surface area is 105 Å². The normalized spacial score (nSPS) is 10.4. The summed E-state index contributed by atoms with van der Waals surface area (Å²) in [6.07, 6.45) is 0. The van der Waals surface area contributed by atoms with Crippen molar-refractivity contribution >= 4 is 11.6 Å². The third-order valence-corrected chi connectivity index (χ3v) is 2.64. The lowest BCUT2D eigenvalue weighted by Crippen LogP contribution is -2.00. The smallest absolute Gasteiger partial charge is 0.321 e. The highest BCUT2D eigenvalue weighted by molar-refractivity contribution is 6.28. The summed E-state index contributed by atoms with van der Waals surface area (Å²) in [5.74, 6) is 0.539. The molecule has 0 fully saturated rings. The highest BCUT2D eigenvalue weighted by Gasteiger charge is 2.11. The molecule has 0 N–H and O–H groups in total. The largest absolute Gasteiger partial charge is 0.467 e. The first kappa shape index (κ1) is 11.8. The van der Waals surface area contributed by atoms with E-state index in [1.165, 1.54) is 7.11 Å². The van der Waals surface area contributed by atoms with E-state index >= 15 is 0 Å². The van der Waals surface area contributed by atoms with Gasteiger partial charge in [-0.25, -0.2) is 0 Å². The molecule has 1 aromatic carbocycles. The molecule has 1 heterocycles. The van der Waals surface area contributed by atoms with Crippen LogP contribution in [0.3, 0.4) is 0 Å². The first-order valence-electron chi connectivity index (χ1n) is 5.14. The van der Waals surface area contributed by atoms with Gasteiger partial charge >= 0.3 is 6.01 Å². The fraction of sp³-hybridized carbons (Fsp3) is 0.250. The van der Waals surface area contributed by atoms with Crippen molar-refractivity contribution in [3.63, 3.8) is 0 Å². The van der Waals surface area contributed by atoms with E-state index in [-0.39, 0.29) is 11.3 Å². The van der Waals surface area contributed by atoms with Crippen LogP contribution in [0.1, 0.15) is 11.1 Å². The van der Waals surface area contributed by atoms with Crippen LogP contribution in [-0.2, 0) is 0 Å². The molecule has 0 spiro atoms. The topological polar surface area (TPSA) is 47.9 Å². The quantitative estimate of drug-likeness (QED) is 0.821. The fourth-order valence-electron chi connectivity index (χ4n) is 1.70. The van der Waals surface area contributed by atoms with Crippen LogP contribution in [-0.4, -0.2) is 22.1 Å². The van der Waals surface area contributed by atoms with Crippen LogP contribution in [0.5, 0.6) is 6.01 Å². The van der Waals surface area contributed by atoms with Crippen LogP contribution in [0, 0.1) is 13.8 Å². The van der Waals surface area contributed by atoms with Crippen LogP contribution < -0.4 is 4.74 Å². The van der Waals surface area contributed by atoms with E-state index in [4.69, 9.17) is 16.3 Å². The van der Waals surface area contributed by atoms with E-state index in [2.05, 4.69) is 15.0 Å². The summed E-state index contributed by atoms with van der Waals surface area (Å²) in [6.45, 7) is 4.01. The second-order valence-electron chi connectivity index (χ2n) is 3.68. The van der Waals surface area contributed by atoms with E-state index in [9.17, 15) is 0 Å². The summed E-state index contributed by atoms with van der Waals surface area (Å²) in [5.41, 5.74) is 3.15. The summed E-state index contributed by atoms with van der Waals surface area (Å²) in [7, 11) is 1.50. The molecule has 0 saturated carbocycles. The Bertz CT molecular complexity index is 537. The van der Waals surface area contributed by atoms with Crippen LogP contribution in [0.25, 0.3) is 11.4 Å². The molecule has 0 amide bonds. The van der Waals surface area contributed by atoms with Gasteiger partial charge in [0.25, 0.3) is 0 Å². The minimum atomic E-state index is 0.134. The maximum atomic E-state index is 5.84. The van der Waals surface area contributed by atoms with Gasteiger partial charge in [0.05, 0.1) is 7.11 Å². The molecule has 0 bridgehead atoms. The van der Waals surface area contributed by atoms with Gasteiger partial charge in [-0.15, -0.1) is 0 Å². The van der Waals surface area contributed by atoms with Gasteiger partial charge in [0.15, 0.2) is 5.82 Å². The first-order valence-corrected chi connectivity index (χ1v) is 5.51. The van der Waals surface area contributed by atoms with Gasteiger partial charge < -0.3 is 4.74 Å². The van der Waals surface area contributed by atoms with E-state index in [0.717, 1.165) is 16.7 Å². The molecule has 1 aromatic heterocycles. The minimum Gasteiger partial charge on any atom is -0.467 e. The molecule has 0 aliphatic carbocycles. The van der Waals surface area contributed by atoms with Gasteiger partial charge in [0.2, 0.25) is 5.28 Å². The summed E-state index contributed by atoms with van der Waals surface area (Å²) in [4.78, 5) is 12.2. The summed E-state index contributed by atoms with van der Waals surface area (Å²) >= 11 is 5.84. The number of rotatable bonds is 2. The standard InChI is InChI=1S/C12H12ClN3O/c1-7-5-4-6-8(2)9(7)10-14-11(13)16-12(15-10)17-3/h4-6H,1-3H3. The van der Waals surface area contributed by atoms with E-state index in [0.29, 0.717) is 5.82 Å². The number of methoxy groups -OCH3 is 1. The minimum absolute atomic E-state index is 0.134. The SMILES string of the molecule is COc1nc(Cl)nc(-c2c(C)cccc2C)n1. The van der Waals surface area contributed by atoms with Crippen LogP contribution in [0.2, 0.25) is 5.28 Å². The average Bonchev–Trinajstić information content (AvgIpc) is 2.28. The van der Waals surface area contributed by atoms with Gasteiger partial charge in [-0.2, -0.15) is 15.0 Å². The number of aryl methyl sites for hydroxylation is 2. The van der Waals surface area contributed by atoms with Crippen molar-refractivity contribution in [2.24, 2.45) is 0 Å². The van der Waals surface area contributed by atoms with Gasteiger partial charge in [-0.05, 0) is 36.6 Å². The second kappa shape index (κ2) is 4.67. The zero-order valence-electron chi connectivity index (χ0n) is 9.86. The van der Waals surface area contributed by atoms with E-state index in [1.807, 2.05) is 32.0 Å². The van der Waals surface area contributed by atoms with E-state index in [1.54, 1.807) is 0 Å². The van der Waals surface area contributed by atoms with Crippen molar-refractivity contribution in [1.29, 1.82) is 0 Å². The number of halogens is 1. The second-order valence-corrected chi connectivity index (χ2v) is 4.02. The molecule has 2 rings (SSSR count). The number of hydrogen-bond acceptors (Lipinski definition) is 4. The van der Waals surface area contributed by atoms with Crippen molar-refractivity contribution in [1.82, 2.24) is 15.0 Å². The predicted molar refractivity (Wildman–Crippen MR) is 66.3 cm³/mol. The highest BCUT2D eigenvalue weighted by Crippen LogP contribution is 2.25. The molecule has 4 nitrogen and oxygen atoms in total. The van der Waals surface area contributed by atoms with Crippen LogP contribution >= 0.6 is 11.6 Å².